The van der Waals surface area contributed by atoms with Gasteiger partial charge in [0.25, 0.3) is 5.91 Å². The number of hydrogen-bond acceptors (Lipinski definition) is 4. The maximum atomic E-state index is 12.1. The fourth-order valence-electron chi connectivity index (χ4n) is 2.66. The average molecular weight is 389 g/mol. The summed E-state index contributed by atoms with van der Waals surface area (Å²) in [6, 6.07) is 22.3. The second-order valence-corrected chi connectivity index (χ2v) is 6.61. The van der Waals surface area contributed by atoms with Crippen molar-refractivity contribution in [2.75, 3.05) is 22.6 Å². The summed E-state index contributed by atoms with van der Waals surface area (Å²) in [6.45, 7) is 3.41. The number of ether oxygens (including phenoxy) is 1. The molecule has 29 heavy (non-hydrogen) atoms. The third-order valence-electron chi connectivity index (χ3n) is 4.03. The van der Waals surface area contributed by atoms with Crippen LogP contribution < -0.4 is 20.7 Å². The summed E-state index contributed by atoms with van der Waals surface area (Å²) >= 11 is 0. The molecule has 0 fully saturated rings. The van der Waals surface area contributed by atoms with E-state index in [1.807, 2.05) is 79.7 Å². The molecule has 0 aliphatic heterocycles. The first-order valence-corrected chi connectivity index (χ1v) is 9.22. The van der Waals surface area contributed by atoms with Gasteiger partial charge in [-0.1, -0.05) is 23.8 Å². The lowest BCUT2D eigenvalue weighted by molar-refractivity contribution is -0.118. The Hall–Kier alpha value is -3.80. The number of nitrogens with one attached hydrogen (secondary N) is 3. The minimum atomic E-state index is -0.228. The van der Waals surface area contributed by atoms with E-state index in [1.165, 1.54) is 6.92 Å². The van der Waals surface area contributed by atoms with Crippen molar-refractivity contribution in [3.8, 4) is 5.75 Å². The Balaban J connectivity index is 1.52. The highest BCUT2D eigenvalue weighted by Gasteiger charge is 2.05. The maximum absolute atomic E-state index is 12.1. The summed E-state index contributed by atoms with van der Waals surface area (Å²) in [5.41, 5.74) is 4.25. The largest absolute Gasteiger partial charge is 0.484 e. The number of carbonyl (C=O) groups excluding carboxylic acids is 2. The van der Waals surface area contributed by atoms with Crippen molar-refractivity contribution < 1.29 is 14.3 Å². The Bertz CT molecular complexity index is 983. The molecule has 6 nitrogen and oxygen atoms in total. The quantitative estimate of drug-likeness (QED) is 0.547. The highest BCUT2D eigenvalue weighted by Crippen LogP contribution is 2.21. The first kappa shape index (κ1) is 19.9. The molecule has 0 radical (unpaired) electrons. The fourth-order valence-corrected chi connectivity index (χ4v) is 2.66. The Kier molecular flexibility index (Phi) is 6.47. The van der Waals surface area contributed by atoms with Crippen LogP contribution in [0.3, 0.4) is 0 Å². The molecule has 0 aromatic heterocycles. The molecule has 0 saturated carbocycles. The molecule has 0 bridgehead atoms. The first-order valence-electron chi connectivity index (χ1n) is 9.22. The highest BCUT2D eigenvalue weighted by molar-refractivity contribution is 5.92. The minimum absolute atomic E-state index is 0.0565. The zero-order valence-corrected chi connectivity index (χ0v) is 16.4. The summed E-state index contributed by atoms with van der Waals surface area (Å²) in [5.74, 6) is 0.315. The molecule has 0 aliphatic rings. The van der Waals surface area contributed by atoms with E-state index in [1.54, 1.807) is 0 Å². The van der Waals surface area contributed by atoms with Gasteiger partial charge in [-0.15, -0.1) is 0 Å². The van der Waals surface area contributed by atoms with E-state index in [0.717, 1.165) is 22.6 Å². The summed E-state index contributed by atoms with van der Waals surface area (Å²) in [6.07, 6.45) is 0. The van der Waals surface area contributed by atoms with Crippen molar-refractivity contribution in [2.24, 2.45) is 0 Å². The number of rotatable bonds is 7. The third kappa shape index (κ3) is 6.39. The van der Waals surface area contributed by atoms with Crippen molar-refractivity contribution >= 4 is 34.6 Å². The summed E-state index contributed by atoms with van der Waals surface area (Å²) < 4.78 is 5.48. The predicted octanol–water partition coefficient (Wildman–Crippen LogP) is 4.71. The Morgan fingerprint density at radius 2 is 1.45 bits per heavy atom. The van der Waals surface area contributed by atoms with Crippen LogP contribution in [0.2, 0.25) is 0 Å². The molecule has 0 unspecified atom stereocenters. The van der Waals surface area contributed by atoms with Crippen LogP contribution in [-0.4, -0.2) is 18.4 Å². The van der Waals surface area contributed by atoms with Gasteiger partial charge >= 0.3 is 0 Å². The molecule has 0 spiro atoms. The number of aryl methyl sites for hydroxylation is 1. The summed E-state index contributed by atoms with van der Waals surface area (Å²) in [5, 5.41) is 8.82. The van der Waals surface area contributed by atoms with Crippen molar-refractivity contribution in [2.45, 2.75) is 13.8 Å². The van der Waals surface area contributed by atoms with Gasteiger partial charge in [0.2, 0.25) is 5.91 Å². The molecule has 3 aromatic rings. The Labute approximate surface area is 169 Å². The van der Waals surface area contributed by atoms with Gasteiger partial charge in [-0.2, -0.15) is 0 Å². The van der Waals surface area contributed by atoms with Crippen LogP contribution in [0.4, 0.5) is 22.7 Å². The molecular weight excluding hydrogens is 366 g/mol. The number of anilines is 4. The summed E-state index contributed by atoms with van der Waals surface area (Å²) in [4.78, 5) is 23.2. The lowest BCUT2D eigenvalue weighted by Gasteiger charge is -2.11. The van der Waals surface area contributed by atoms with Gasteiger partial charge in [0.15, 0.2) is 6.61 Å². The second-order valence-electron chi connectivity index (χ2n) is 6.61. The number of amides is 2. The summed E-state index contributed by atoms with van der Waals surface area (Å²) in [7, 11) is 0. The van der Waals surface area contributed by atoms with Crippen LogP contribution in [0.5, 0.6) is 5.75 Å². The van der Waals surface area contributed by atoms with Gasteiger partial charge in [-0.25, -0.2) is 0 Å². The molecule has 0 saturated heterocycles. The highest BCUT2D eigenvalue weighted by atomic mass is 16.5. The van der Waals surface area contributed by atoms with Gasteiger partial charge in [0.1, 0.15) is 5.75 Å². The van der Waals surface area contributed by atoms with Gasteiger partial charge in [-0.3, -0.25) is 9.59 Å². The molecule has 0 heterocycles. The van der Waals surface area contributed by atoms with Crippen LogP contribution >= 0.6 is 0 Å². The fraction of sp³-hybridized carbons (Fsp3) is 0.130. The molecule has 3 aromatic carbocycles. The molecule has 3 N–H and O–H groups in total. The second kappa shape index (κ2) is 9.41. The molecule has 0 atom stereocenters. The average Bonchev–Trinajstić information content (AvgIpc) is 2.69. The van der Waals surface area contributed by atoms with Gasteiger partial charge < -0.3 is 20.7 Å². The van der Waals surface area contributed by atoms with Crippen LogP contribution in [0, 0.1) is 6.92 Å². The minimum Gasteiger partial charge on any atom is -0.484 e. The maximum Gasteiger partial charge on any atom is 0.262 e. The van der Waals surface area contributed by atoms with E-state index in [2.05, 4.69) is 16.0 Å². The van der Waals surface area contributed by atoms with Crippen LogP contribution in [-0.2, 0) is 9.59 Å². The van der Waals surface area contributed by atoms with Crippen molar-refractivity contribution in [3.63, 3.8) is 0 Å². The first-order chi connectivity index (χ1) is 14.0. The number of hydrogen-bond donors (Lipinski definition) is 3. The van der Waals surface area contributed by atoms with Crippen molar-refractivity contribution in [1.29, 1.82) is 0 Å². The number of carbonyl (C=O) groups is 2. The Morgan fingerprint density at radius 3 is 2.14 bits per heavy atom. The lowest BCUT2D eigenvalue weighted by atomic mass is 10.2. The predicted molar refractivity (Wildman–Crippen MR) is 116 cm³/mol. The SMILES string of the molecule is CC(=O)Nc1cccc(Nc2ccc(NC(=O)COc3ccc(C)cc3)cc2)c1. The van der Waals surface area contributed by atoms with E-state index < -0.39 is 0 Å². The zero-order valence-electron chi connectivity index (χ0n) is 16.4. The monoisotopic (exact) mass is 389 g/mol. The third-order valence-corrected chi connectivity index (χ3v) is 4.03. The molecule has 3 rings (SSSR count). The van der Waals surface area contributed by atoms with Crippen molar-refractivity contribution in [3.05, 3.63) is 78.4 Å². The van der Waals surface area contributed by atoms with E-state index in [-0.39, 0.29) is 18.4 Å². The van der Waals surface area contributed by atoms with Gasteiger partial charge in [0, 0.05) is 29.7 Å². The molecular formula is C23H23N3O3. The van der Waals surface area contributed by atoms with Crippen molar-refractivity contribution in [1.82, 2.24) is 0 Å². The lowest BCUT2D eigenvalue weighted by Crippen LogP contribution is -2.20. The van der Waals surface area contributed by atoms with Crippen LogP contribution in [0.25, 0.3) is 0 Å². The smallest absolute Gasteiger partial charge is 0.262 e. The van der Waals surface area contributed by atoms with E-state index in [9.17, 15) is 9.59 Å². The normalized spacial score (nSPS) is 10.1. The standard InChI is InChI=1S/C23H23N3O3/c1-16-6-12-22(13-7-16)29-15-23(28)26-19-10-8-18(9-11-19)25-21-5-3-4-20(14-21)24-17(2)27/h3-14,25H,15H2,1-2H3,(H,24,27)(H,26,28). The number of benzene rings is 3. The molecule has 6 heteroatoms. The van der Waals surface area contributed by atoms with E-state index in [4.69, 9.17) is 4.74 Å². The molecule has 2 amide bonds. The molecule has 148 valence electrons. The van der Waals surface area contributed by atoms with E-state index in [0.29, 0.717) is 11.4 Å². The van der Waals surface area contributed by atoms with Crippen LogP contribution in [0.15, 0.2) is 72.8 Å². The van der Waals surface area contributed by atoms with Gasteiger partial charge in [0.05, 0.1) is 0 Å². The molecule has 0 aliphatic carbocycles. The van der Waals surface area contributed by atoms with Crippen LogP contribution in [0.1, 0.15) is 12.5 Å². The topological polar surface area (TPSA) is 79.5 Å². The van der Waals surface area contributed by atoms with Gasteiger partial charge in [-0.05, 0) is 61.5 Å². The van der Waals surface area contributed by atoms with E-state index >= 15 is 0 Å². The zero-order chi connectivity index (χ0) is 20.6. The Morgan fingerprint density at radius 1 is 0.793 bits per heavy atom.